The first-order valence-electron chi connectivity index (χ1n) is 12.1. The number of rotatable bonds is 6. The first kappa shape index (κ1) is 23.7. The molecule has 1 saturated carbocycles. The highest BCUT2D eigenvalue weighted by Gasteiger charge is 2.35. The van der Waals surface area contributed by atoms with Crippen molar-refractivity contribution in [1.82, 2.24) is 14.1 Å². The van der Waals surface area contributed by atoms with Crippen molar-refractivity contribution in [3.8, 4) is 0 Å². The van der Waals surface area contributed by atoms with Gasteiger partial charge in [0, 0.05) is 51.6 Å². The topological polar surface area (TPSA) is 78.0 Å². The Morgan fingerprint density at radius 3 is 2.19 bits per heavy atom. The molecule has 0 atom stereocenters. The molecule has 0 N–H and O–H groups in total. The van der Waals surface area contributed by atoms with Gasteiger partial charge < -0.3 is 9.80 Å². The number of hydrogen-bond acceptors (Lipinski definition) is 5. The molecule has 1 aliphatic carbocycles. The summed E-state index contributed by atoms with van der Waals surface area (Å²) in [4.78, 5) is 29.4. The fourth-order valence-corrected chi connectivity index (χ4v) is 7.89. The molecule has 9 heteroatoms. The molecule has 0 bridgehead atoms. The fraction of sp³-hybridized carbons (Fsp3) is 0.739. The van der Waals surface area contributed by atoms with E-state index in [0.29, 0.717) is 68.7 Å². The van der Waals surface area contributed by atoms with Crippen LogP contribution in [0.5, 0.6) is 0 Å². The number of thiophene rings is 1. The first-order valence-corrected chi connectivity index (χ1v) is 14.4. The van der Waals surface area contributed by atoms with Crippen LogP contribution in [0.1, 0.15) is 57.8 Å². The monoisotopic (exact) mass is 481 g/mol. The number of nitrogens with zero attached hydrogens (tertiary/aromatic N) is 3. The minimum Gasteiger partial charge on any atom is -0.339 e. The molecule has 1 aromatic rings. The predicted octanol–water partition coefficient (Wildman–Crippen LogP) is 3.18. The van der Waals surface area contributed by atoms with Crippen LogP contribution in [0.2, 0.25) is 0 Å². The van der Waals surface area contributed by atoms with E-state index in [0.717, 1.165) is 6.42 Å². The van der Waals surface area contributed by atoms with Crippen molar-refractivity contribution in [1.29, 1.82) is 0 Å². The molecule has 3 heterocycles. The summed E-state index contributed by atoms with van der Waals surface area (Å²) >= 11 is 1.23. The highest BCUT2D eigenvalue weighted by molar-refractivity contribution is 7.91. The van der Waals surface area contributed by atoms with Crippen molar-refractivity contribution in [2.75, 3.05) is 39.3 Å². The van der Waals surface area contributed by atoms with Gasteiger partial charge in [-0.1, -0.05) is 38.2 Å². The van der Waals surface area contributed by atoms with Crippen molar-refractivity contribution in [2.24, 2.45) is 11.8 Å². The number of sulfonamides is 1. The van der Waals surface area contributed by atoms with E-state index in [1.165, 1.54) is 47.7 Å². The van der Waals surface area contributed by atoms with Gasteiger partial charge in [0.15, 0.2) is 0 Å². The summed E-state index contributed by atoms with van der Waals surface area (Å²) in [7, 11) is -3.44. The molecular weight excluding hydrogens is 446 g/mol. The van der Waals surface area contributed by atoms with Gasteiger partial charge in [-0.2, -0.15) is 4.31 Å². The molecule has 2 aliphatic heterocycles. The normalized spacial score (nSPS) is 22.2. The van der Waals surface area contributed by atoms with Gasteiger partial charge in [-0.3, -0.25) is 9.59 Å². The van der Waals surface area contributed by atoms with Crippen LogP contribution in [-0.4, -0.2) is 73.6 Å². The summed E-state index contributed by atoms with van der Waals surface area (Å²) in [6.45, 7) is 3.16. The first-order chi connectivity index (χ1) is 15.4. The third-order valence-electron chi connectivity index (χ3n) is 7.33. The van der Waals surface area contributed by atoms with E-state index >= 15 is 0 Å². The second-order valence-corrected chi connectivity index (χ2v) is 12.5. The third-order valence-corrected chi connectivity index (χ3v) is 10.6. The van der Waals surface area contributed by atoms with Gasteiger partial charge in [-0.25, -0.2) is 8.42 Å². The standard InChI is InChI=1S/C23H35N3O4S2/c27-21(9-8-19-5-2-1-3-6-19)24-14-16-25(17-15-24)23(28)20-10-12-26(13-11-20)32(29,30)22-7-4-18-31-22/h4,7,18-20H,1-3,5-6,8-17H2. The Bertz CT molecular complexity index is 865. The van der Waals surface area contributed by atoms with Crippen molar-refractivity contribution >= 4 is 33.2 Å². The lowest BCUT2D eigenvalue weighted by Crippen LogP contribution is -2.53. The summed E-state index contributed by atoms with van der Waals surface area (Å²) in [6, 6.07) is 3.38. The molecule has 3 fully saturated rings. The molecule has 178 valence electrons. The lowest BCUT2D eigenvalue weighted by Gasteiger charge is -2.38. The van der Waals surface area contributed by atoms with Crippen LogP contribution in [0, 0.1) is 11.8 Å². The highest BCUT2D eigenvalue weighted by atomic mass is 32.2. The Morgan fingerprint density at radius 1 is 0.906 bits per heavy atom. The Morgan fingerprint density at radius 2 is 1.56 bits per heavy atom. The molecule has 0 spiro atoms. The summed E-state index contributed by atoms with van der Waals surface area (Å²) < 4.78 is 27.2. The maximum absolute atomic E-state index is 13.0. The smallest absolute Gasteiger partial charge is 0.252 e. The van der Waals surface area contributed by atoms with E-state index in [4.69, 9.17) is 0 Å². The van der Waals surface area contributed by atoms with Crippen LogP contribution in [0.4, 0.5) is 0 Å². The quantitative estimate of drug-likeness (QED) is 0.625. The van der Waals surface area contributed by atoms with Crippen molar-refractivity contribution < 1.29 is 18.0 Å². The Labute approximate surface area is 195 Å². The van der Waals surface area contributed by atoms with Gasteiger partial charge in [0.2, 0.25) is 11.8 Å². The van der Waals surface area contributed by atoms with E-state index in [2.05, 4.69) is 0 Å². The zero-order valence-corrected chi connectivity index (χ0v) is 20.4. The largest absolute Gasteiger partial charge is 0.339 e. The third kappa shape index (κ3) is 5.54. The van der Waals surface area contributed by atoms with Gasteiger partial charge >= 0.3 is 0 Å². The van der Waals surface area contributed by atoms with E-state index in [9.17, 15) is 18.0 Å². The van der Waals surface area contributed by atoms with E-state index in [1.807, 2.05) is 9.80 Å². The summed E-state index contributed by atoms with van der Waals surface area (Å²) in [5.41, 5.74) is 0. The molecule has 0 unspecified atom stereocenters. The fourth-order valence-electron chi connectivity index (χ4n) is 5.28. The van der Waals surface area contributed by atoms with Crippen LogP contribution in [0.3, 0.4) is 0 Å². The number of piperazine rings is 1. The van der Waals surface area contributed by atoms with E-state index in [1.54, 1.807) is 17.5 Å². The molecular formula is C23H35N3O4S2. The van der Waals surface area contributed by atoms with Crippen LogP contribution < -0.4 is 0 Å². The lowest BCUT2D eigenvalue weighted by molar-refractivity contribution is -0.143. The zero-order chi connectivity index (χ0) is 22.6. The number of hydrogen-bond donors (Lipinski definition) is 0. The molecule has 3 aliphatic rings. The minimum absolute atomic E-state index is 0.118. The zero-order valence-electron chi connectivity index (χ0n) is 18.8. The second-order valence-electron chi connectivity index (χ2n) is 9.36. The second kappa shape index (κ2) is 10.7. The van der Waals surface area contributed by atoms with Gasteiger partial charge in [0.25, 0.3) is 10.0 Å². The molecule has 2 saturated heterocycles. The SMILES string of the molecule is O=C(CCC1CCCCC1)N1CCN(C(=O)C2CCN(S(=O)(=O)c3cccs3)CC2)CC1. The van der Waals surface area contributed by atoms with Crippen LogP contribution in [0.25, 0.3) is 0 Å². The maximum atomic E-state index is 13.0. The maximum Gasteiger partial charge on any atom is 0.252 e. The Kier molecular flexibility index (Phi) is 7.89. The summed E-state index contributed by atoms with van der Waals surface area (Å²) in [5.74, 6) is 0.936. The van der Waals surface area contributed by atoms with Crippen LogP contribution in [-0.2, 0) is 19.6 Å². The van der Waals surface area contributed by atoms with Crippen molar-refractivity contribution in [2.45, 2.75) is 62.0 Å². The lowest BCUT2D eigenvalue weighted by atomic mass is 9.86. The van der Waals surface area contributed by atoms with E-state index in [-0.39, 0.29) is 17.7 Å². The minimum atomic E-state index is -3.44. The number of amides is 2. The number of piperidine rings is 1. The molecule has 0 radical (unpaired) electrons. The summed E-state index contributed by atoms with van der Waals surface area (Å²) in [5, 5.41) is 1.77. The van der Waals surface area contributed by atoms with Gasteiger partial charge in [-0.15, -0.1) is 11.3 Å². The van der Waals surface area contributed by atoms with Crippen molar-refractivity contribution in [3.63, 3.8) is 0 Å². The number of carbonyl (C=O) groups excluding carboxylic acids is 2. The summed E-state index contributed by atoms with van der Waals surface area (Å²) in [6.07, 6.45) is 9.24. The molecule has 2 amide bonds. The van der Waals surface area contributed by atoms with Crippen molar-refractivity contribution in [3.05, 3.63) is 17.5 Å². The molecule has 1 aromatic heterocycles. The van der Waals surface area contributed by atoms with Gasteiger partial charge in [0.05, 0.1) is 0 Å². The molecule has 0 aromatic carbocycles. The highest BCUT2D eigenvalue weighted by Crippen LogP contribution is 2.29. The molecule has 7 nitrogen and oxygen atoms in total. The number of carbonyl (C=O) groups is 2. The average molecular weight is 482 g/mol. The van der Waals surface area contributed by atoms with Crippen LogP contribution in [0.15, 0.2) is 21.7 Å². The molecule has 4 rings (SSSR count). The Balaban J connectivity index is 1.20. The van der Waals surface area contributed by atoms with Crippen LogP contribution >= 0.6 is 11.3 Å². The van der Waals surface area contributed by atoms with Gasteiger partial charge in [0.1, 0.15) is 4.21 Å². The van der Waals surface area contributed by atoms with Gasteiger partial charge in [-0.05, 0) is 36.6 Å². The molecule has 32 heavy (non-hydrogen) atoms. The predicted molar refractivity (Wildman–Crippen MR) is 125 cm³/mol. The van der Waals surface area contributed by atoms with E-state index < -0.39 is 10.0 Å². The Hall–Kier alpha value is -1.45. The average Bonchev–Trinajstić information content (AvgIpc) is 3.39.